The number of aryl methyl sites for hydroxylation is 1. The van der Waals surface area contributed by atoms with Crippen LogP contribution in [0, 0.1) is 0 Å². The van der Waals surface area contributed by atoms with Crippen molar-refractivity contribution in [1.82, 2.24) is 10.2 Å². The zero-order valence-corrected chi connectivity index (χ0v) is 12.8. The van der Waals surface area contributed by atoms with Gasteiger partial charge in [0.1, 0.15) is 0 Å². The predicted molar refractivity (Wildman–Crippen MR) is 87.1 cm³/mol. The lowest BCUT2D eigenvalue weighted by Gasteiger charge is -2.19. The zero-order chi connectivity index (χ0) is 14.9. The molecule has 1 amide bonds. The molecule has 0 bridgehead atoms. The van der Waals surface area contributed by atoms with E-state index < -0.39 is 0 Å². The van der Waals surface area contributed by atoms with E-state index in [1.165, 1.54) is 38.8 Å². The molecule has 0 saturated carbocycles. The van der Waals surface area contributed by atoms with Gasteiger partial charge in [-0.2, -0.15) is 0 Å². The van der Waals surface area contributed by atoms with Crippen LogP contribution in [0.25, 0.3) is 0 Å². The van der Waals surface area contributed by atoms with Gasteiger partial charge in [0.25, 0.3) is 0 Å². The van der Waals surface area contributed by atoms with Gasteiger partial charge in [-0.3, -0.25) is 4.79 Å². The molecule has 0 aliphatic carbocycles. The molecule has 4 heteroatoms. The summed E-state index contributed by atoms with van der Waals surface area (Å²) >= 11 is 0. The third kappa shape index (κ3) is 5.76. The molecule has 4 nitrogen and oxygen atoms in total. The lowest BCUT2D eigenvalue weighted by Crippen LogP contribution is -2.35. The maximum atomic E-state index is 11.9. The molecule has 21 heavy (non-hydrogen) atoms. The second kappa shape index (κ2) is 8.67. The Bertz CT molecular complexity index is 439. The third-order valence-corrected chi connectivity index (χ3v) is 4.13. The first-order valence-electron chi connectivity index (χ1n) is 8.08. The highest BCUT2D eigenvalue weighted by molar-refractivity contribution is 5.76. The van der Waals surface area contributed by atoms with Crippen molar-refractivity contribution in [2.45, 2.75) is 38.5 Å². The van der Waals surface area contributed by atoms with Crippen LogP contribution >= 0.6 is 0 Å². The fraction of sp³-hybridized carbons (Fsp3) is 0.588. The van der Waals surface area contributed by atoms with E-state index >= 15 is 0 Å². The van der Waals surface area contributed by atoms with Gasteiger partial charge in [-0.05, 0) is 44.0 Å². The summed E-state index contributed by atoms with van der Waals surface area (Å²) in [7, 11) is 0. The molecule has 0 spiro atoms. The van der Waals surface area contributed by atoms with Gasteiger partial charge in [0.15, 0.2) is 0 Å². The van der Waals surface area contributed by atoms with Crippen molar-refractivity contribution >= 4 is 11.6 Å². The molecular formula is C17H27N3O. The number of para-hydroxylation sites is 1. The number of hydrogen-bond donors (Lipinski definition) is 2. The number of benzene rings is 1. The van der Waals surface area contributed by atoms with Crippen LogP contribution in [0.1, 0.15) is 37.7 Å². The lowest BCUT2D eigenvalue weighted by molar-refractivity contribution is -0.121. The smallest absolute Gasteiger partial charge is 0.220 e. The molecule has 0 aromatic heterocycles. The van der Waals surface area contributed by atoms with Crippen LogP contribution in [0.5, 0.6) is 0 Å². The number of hydrogen-bond acceptors (Lipinski definition) is 3. The number of carbonyl (C=O) groups is 1. The summed E-state index contributed by atoms with van der Waals surface area (Å²) in [6, 6.07) is 7.75. The fourth-order valence-corrected chi connectivity index (χ4v) is 2.81. The quantitative estimate of drug-likeness (QED) is 0.789. The van der Waals surface area contributed by atoms with E-state index in [0.29, 0.717) is 12.8 Å². The molecule has 1 heterocycles. The molecule has 1 aromatic rings. The van der Waals surface area contributed by atoms with Gasteiger partial charge in [-0.1, -0.05) is 31.0 Å². The highest BCUT2D eigenvalue weighted by atomic mass is 16.1. The lowest BCUT2D eigenvalue weighted by atomic mass is 10.1. The first-order valence-corrected chi connectivity index (χ1v) is 8.08. The highest BCUT2D eigenvalue weighted by Crippen LogP contribution is 2.12. The van der Waals surface area contributed by atoms with E-state index in [4.69, 9.17) is 5.73 Å². The Balaban J connectivity index is 1.62. The van der Waals surface area contributed by atoms with E-state index in [9.17, 15) is 4.79 Å². The molecule has 1 fully saturated rings. The number of nitrogens with zero attached hydrogens (tertiary/aromatic N) is 1. The Labute approximate surface area is 127 Å². The van der Waals surface area contributed by atoms with E-state index in [1.54, 1.807) is 0 Å². The zero-order valence-electron chi connectivity index (χ0n) is 12.8. The number of nitrogen functional groups attached to an aromatic ring is 1. The van der Waals surface area contributed by atoms with Crippen LogP contribution in [0.3, 0.4) is 0 Å². The monoisotopic (exact) mass is 289 g/mol. The Morgan fingerprint density at radius 3 is 2.57 bits per heavy atom. The summed E-state index contributed by atoms with van der Waals surface area (Å²) in [5.41, 5.74) is 7.71. The van der Waals surface area contributed by atoms with Crippen LogP contribution in [0.15, 0.2) is 24.3 Å². The SMILES string of the molecule is Nc1ccccc1CCC(=O)NCCN1CCCCCC1. The van der Waals surface area contributed by atoms with Crippen molar-refractivity contribution in [1.29, 1.82) is 0 Å². The Morgan fingerprint density at radius 2 is 1.86 bits per heavy atom. The molecule has 0 unspecified atom stereocenters. The van der Waals surface area contributed by atoms with Gasteiger partial charge >= 0.3 is 0 Å². The second-order valence-electron chi connectivity index (χ2n) is 5.80. The normalized spacial score (nSPS) is 16.4. The van der Waals surface area contributed by atoms with E-state index in [1.807, 2.05) is 24.3 Å². The van der Waals surface area contributed by atoms with E-state index in [0.717, 1.165) is 24.3 Å². The van der Waals surface area contributed by atoms with Crippen molar-refractivity contribution in [2.75, 3.05) is 31.9 Å². The summed E-state index contributed by atoms with van der Waals surface area (Å²) in [4.78, 5) is 14.3. The number of rotatable bonds is 6. The molecule has 3 N–H and O–H groups in total. The van der Waals surface area contributed by atoms with Gasteiger partial charge in [-0.25, -0.2) is 0 Å². The molecule has 1 aromatic carbocycles. The molecule has 116 valence electrons. The van der Waals surface area contributed by atoms with Crippen molar-refractivity contribution < 1.29 is 4.79 Å². The van der Waals surface area contributed by atoms with E-state index in [2.05, 4.69) is 10.2 Å². The third-order valence-electron chi connectivity index (χ3n) is 4.13. The van der Waals surface area contributed by atoms with Crippen LogP contribution in [-0.4, -0.2) is 37.0 Å². The van der Waals surface area contributed by atoms with Crippen molar-refractivity contribution in [2.24, 2.45) is 0 Å². The number of carbonyl (C=O) groups excluding carboxylic acids is 1. The molecular weight excluding hydrogens is 262 g/mol. The predicted octanol–water partition coefficient (Wildman–Crippen LogP) is 2.19. The molecule has 2 rings (SSSR count). The maximum absolute atomic E-state index is 11.9. The number of amides is 1. The number of nitrogens with two attached hydrogens (primary N) is 1. The molecule has 0 atom stereocenters. The second-order valence-corrected chi connectivity index (χ2v) is 5.80. The molecule has 1 aliphatic heterocycles. The van der Waals surface area contributed by atoms with Crippen LogP contribution in [-0.2, 0) is 11.2 Å². The summed E-state index contributed by atoms with van der Waals surface area (Å²) < 4.78 is 0. The summed E-state index contributed by atoms with van der Waals surface area (Å²) in [5.74, 6) is 0.119. The Morgan fingerprint density at radius 1 is 1.14 bits per heavy atom. The van der Waals surface area contributed by atoms with Gasteiger partial charge in [0.05, 0.1) is 0 Å². The van der Waals surface area contributed by atoms with Gasteiger partial charge in [0.2, 0.25) is 5.91 Å². The summed E-state index contributed by atoms with van der Waals surface area (Å²) in [6.07, 6.45) is 6.50. The van der Waals surface area contributed by atoms with Crippen molar-refractivity contribution in [3.05, 3.63) is 29.8 Å². The fourth-order valence-electron chi connectivity index (χ4n) is 2.81. The van der Waals surface area contributed by atoms with Gasteiger partial charge in [0, 0.05) is 25.2 Å². The van der Waals surface area contributed by atoms with Crippen LogP contribution < -0.4 is 11.1 Å². The van der Waals surface area contributed by atoms with Gasteiger partial charge < -0.3 is 16.0 Å². The minimum atomic E-state index is 0.119. The maximum Gasteiger partial charge on any atom is 0.220 e. The first-order chi connectivity index (χ1) is 10.3. The number of likely N-dealkylation sites (tertiary alicyclic amines) is 1. The Kier molecular flexibility index (Phi) is 6.54. The van der Waals surface area contributed by atoms with Crippen molar-refractivity contribution in [3.8, 4) is 0 Å². The summed E-state index contributed by atoms with van der Waals surface area (Å²) in [5, 5.41) is 3.02. The molecule has 0 radical (unpaired) electrons. The van der Waals surface area contributed by atoms with E-state index in [-0.39, 0.29) is 5.91 Å². The van der Waals surface area contributed by atoms with Crippen LogP contribution in [0.4, 0.5) is 5.69 Å². The minimum Gasteiger partial charge on any atom is -0.399 e. The van der Waals surface area contributed by atoms with Crippen LogP contribution in [0.2, 0.25) is 0 Å². The average molecular weight is 289 g/mol. The minimum absolute atomic E-state index is 0.119. The van der Waals surface area contributed by atoms with Crippen molar-refractivity contribution in [3.63, 3.8) is 0 Å². The van der Waals surface area contributed by atoms with Gasteiger partial charge in [-0.15, -0.1) is 0 Å². The largest absolute Gasteiger partial charge is 0.399 e. The topological polar surface area (TPSA) is 58.4 Å². The molecule has 1 aliphatic rings. The first kappa shape index (κ1) is 15.8. The Hall–Kier alpha value is -1.55. The average Bonchev–Trinajstić information content (AvgIpc) is 2.75. The summed E-state index contributed by atoms with van der Waals surface area (Å²) in [6.45, 7) is 4.08. The number of anilines is 1. The standard InChI is InChI=1S/C17H27N3O/c18-16-8-4-3-7-15(16)9-10-17(21)19-11-14-20-12-5-1-2-6-13-20/h3-4,7-8H,1-2,5-6,9-14,18H2,(H,19,21). The number of nitrogens with one attached hydrogen (secondary N) is 1. The highest BCUT2D eigenvalue weighted by Gasteiger charge is 2.09. The molecule has 1 saturated heterocycles.